The van der Waals surface area contributed by atoms with E-state index in [0.717, 1.165) is 31.4 Å². The minimum atomic E-state index is 0.753. The van der Waals surface area contributed by atoms with Crippen molar-refractivity contribution in [3.05, 3.63) is 29.8 Å². The van der Waals surface area contributed by atoms with Crippen LogP contribution in [0.3, 0.4) is 0 Å². The van der Waals surface area contributed by atoms with Crippen molar-refractivity contribution < 1.29 is 4.74 Å². The Hall–Kier alpha value is -1.06. The average Bonchev–Trinajstić information content (AvgIpc) is 2.49. The monoisotopic (exact) mass is 276 g/mol. The molecule has 1 saturated carbocycles. The molecule has 1 aliphatic rings. The van der Waals surface area contributed by atoms with Crippen LogP contribution in [0, 0.1) is 0 Å². The van der Waals surface area contributed by atoms with Crippen molar-refractivity contribution in [3.63, 3.8) is 0 Å². The van der Waals surface area contributed by atoms with Crippen LogP contribution in [0.2, 0.25) is 0 Å². The Labute approximate surface area is 123 Å². The lowest BCUT2D eigenvalue weighted by Crippen LogP contribution is -2.36. The number of para-hydroxylation sites is 1. The first-order valence-corrected chi connectivity index (χ1v) is 7.83. The molecule has 1 aromatic rings. The Bertz CT molecular complexity index is 388. The third-order valence-corrected chi connectivity index (χ3v) is 4.16. The van der Waals surface area contributed by atoms with E-state index in [-0.39, 0.29) is 0 Å². The number of benzene rings is 1. The van der Waals surface area contributed by atoms with Crippen LogP contribution in [0.25, 0.3) is 0 Å². The van der Waals surface area contributed by atoms with Crippen molar-refractivity contribution in [3.8, 4) is 5.75 Å². The Kier molecular flexibility index (Phi) is 6.34. The second-order valence-electron chi connectivity index (χ2n) is 5.84. The number of hydrogen-bond donors (Lipinski definition) is 1. The molecule has 0 atom stereocenters. The van der Waals surface area contributed by atoms with Crippen molar-refractivity contribution >= 4 is 0 Å². The van der Waals surface area contributed by atoms with Crippen LogP contribution in [-0.2, 0) is 6.54 Å². The fraction of sp³-hybridized carbons (Fsp3) is 0.647. The highest BCUT2D eigenvalue weighted by molar-refractivity contribution is 5.32. The number of hydrogen-bond acceptors (Lipinski definition) is 3. The fourth-order valence-corrected chi connectivity index (χ4v) is 2.97. The molecule has 0 amide bonds. The predicted molar refractivity (Wildman–Crippen MR) is 84.2 cm³/mol. The maximum atomic E-state index is 5.40. The summed E-state index contributed by atoms with van der Waals surface area (Å²) in [6, 6.07) is 9.02. The lowest BCUT2D eigenvalue weighted by Gasteiger charge is -2.24. The number of rotatable bonds is 7. The number of nitrogens with one attached hydrogen (secondary N) is 1. The Morgan fingerprint density at radius 1 is 1.20 bits per heavy atom. The maximum Gasteiger partial charge on any atom is 0.123 e. The van der Waals surface area contributed by atoms with Gasteiger partial charge >= 0.3 is 0 Å². The SMILES string of the molecule is COc1ccccc1CN(C)CCNC1CCCCC1. The number of nitrogens with zero attached hydrogens (tertiary/aromatic N) is 1. The zero-order valence-electron chi connectivity index (χ0n) is 12.9. The van der Waals surface area contributed by atoms with Gasteiger partial charge in [0.1, 0.15) is 5.75 Å². The van der Waals surface area contributed by atoms with Gasteiger partial charge in [0.15, 0.2) is 0 Å². The average molecular weight is 276 g/mol. The molecule has 1 N–H and O–H groups in total. The molecule has 1 aliphatic carbocycles. The lowest BCUT2D eigenvalue weighted by molar-refractivity contribution is 0.295. The summed E-state index contributed by atoms with van der Waals surface area (Å²) in [4.78, 5) is 2.35. The molecular formula is C17H28N2O. The van der Waals surface area contributed by atoms with Gasteiger partial charge in [0, 0.05) is 31.2 Å². The summed E-state index contributed by atoms with van der Waals surface area (Å²) in [5.74, 6) is 0.986. The van der Waals surface area contributed by atoms with Crippen LogP contribution >= 0.6 is 0 Å². The van der Waals surface area contributed by atoms with Crippen molar-refractivity contribution in [1.82, 2.24) is 10.2 Å². The van der Waals surface area contributed by atoms with E-state index in [1.807, 2.05) is 12.1 Å². The molecule has 2 rings (SSSR count). The summed E-state index contributed by atoms with van der Waals surface area (Å²) in [7, 11) is 3.92. The van der Waals surface area contributed by atoms with E-state index in [9.17, 15) is 0 Å². The molecule has 0 saturated heterocycles. The van der Waals surface area contributed by atoms with E-state index < -0.39 is 0 Å². The smallest absolute Gasteiger partial charge is 0.123 e. The summed E-state index contributed by atoms with van der Waals surface area (Å²) >= 11 is 0. The molecule has 0 radical (unpaired) electrons. The first-order valence-electron chi connectivity index (χ1n) is 7.83. The molecule has 1 aromatic carbocycles. The molecule has 0 heterocycles. The highest BCUT2D eigenvalue weighted by Crippen LogP contribution is 2.19. The van der Waals surface area contributed by atoms with Crippen molar-refractivity contribution in [2.45, 2.75) is 44.7 Å². The Morgan fingerprint density at radius 2 is 1.95 bits per heavy atom. The summed E-state index contributed by atoms with van der Waals surface area (Å²) in [6.45, 7) is 3.10. The first kappa shape index (κ1) is 15.3. The van der Waals surface area contributed by atoms with Gasteiger partial charge in [-0.2, -0.15) is 0 Å². The van der Waals surface area contributed by atoms with Gasteiger partial charge in [-0.15, -0.1) is 0 Å². The Balaban J connectivity index is 1.70. The third-order valence-electron chi connectivity index (χ3n) is 4.16. The van der Waals surface area contributed by atoms with Crippen molar-refractivity contribution in [2.24, 2.45) is 0 Å². The van der Waals surface area contributed by atoms with Gasteiger partial charge in [-0.1, -0.05) is 37.5 Å². The van der Waals surface area contributed by atoms with E-state index in [1.165, 1.54) is 37.7 Å². The standard InChI is InChI=1S/C17H28N2O/c1-19(13-12-18-16-9-4-3-5-10-16)14-15-8-6-7-11-17(15)20-2/h6-8,11,16,18H,3-5,9-10,12-14H2,1-2H3. The van der Waals surface area contributed by atoms with Gasteiger partial charge in [0.05, 0.1) is 7.11 Å². The minimum absolute atomic E-state index is 0.753. The first-order chi connectivity index (χ1) is 9.79. The van der Waals surface area contributed by atoms with Crippen LogP contribution in [0.15, 0.2) is 24.3 Å². The van der Waals surface area contributed by atoms with Crippen LogP contribution in [0.4, 0.5) is 0 Å². The Morgan fingerprint density at radius 3 is 2.70 bits per heavy atom. The third kappa shape index (κ3) is 4.80. The highest BCUT2D eigenvalue weighted by atomic mass is 16.5. The number of ether oxygens (including phenoxy) is 1. The normalized spacial score (nSPS) is 16.6. The molecule has 0 bridgehead atoms. The van der Waals surface area contributed by atoms with Gasteiger partial charge < -0.3 is 15.0 Å². The fourth-order valence-electron chi connectivity index (χ4n) is 2.97. The van der Waals surface area contributed by atoms with E-state index in [2.05, 4.69) is 29.4 Å². The van der Waals surface area contributed by atoms with Crippen LogP contribution in [0.1, 0.15) is 37.7 Å². The summed E-state index contributed by atoms with van der Waals surface area (Å²) in [6.07, 6.45) is 6.93. The van der Waals surface area contributed by atoms with Gasteiger partial charge in [0.2, 0.25) is 0 Å². The molecule has 1 fully saturated rings. The quantitative estimate of drug-likeness (QED) is 0.828. The number of methoxy groups -OCH3 is 1. The predicted octanol–water partition coefficient (Wildman–Crippen LogP) is 3.05. The molecule has 0 aromatic heterocycles. The minimum Gasteiger partial charge on any atom is -0.496 e. The van der Waals surface area contributed by atoms with Crippen LogP contribution in [0.5, 0.6) is 5.75 Å². The highest BCUT2D eigenvalue weighted by Gasteiger charge is 2.12. The molecule has 3 heteroatoms. The second kappa shape index (κ2) is 8.28. The molecule has 20 heavy (non-hydrogen) atoms. The molecule has 0 spiro atoms. The second-order valence-corrected chi connectivity index (χ2v) is 5.84. The molecule has 3 nitrogen and oxygen atoms in total. The largest absolute Gasteiger partial charge is 0.496 e. The van der Waals surface area contributed by atoms with E-state index in [1.54, 1.807) is 7.11 Å². The molecule has 112 valence electrons. The molecule has 0 aliphatic heterocycles. The van der Waals surface area contributed by atoms with E-state index >= 15 is 0 Å². The van der Waals surface area contributed by atoms with Crippen LogP contribution in [-0.4, -0.2) is 38.2 Å². The molecule has 0 unspecified atom stereocenters. The summed E-state index contributed by atoms with van der Waals surface area (Å²) in [5.41, 5.74) is 1.26. The van der Waals surface area contributed by atoms with Gasteiger partial charge in [-0.25, -0.2) is 0 Å². The maximum absolute atomic E-state index is 5.40. The van der Waals surface area contributed by atoms with Gasteiger partial charge in [-0.05, 0) is 26.0 Å². The zero-order valence-corrected chi connectivity index (χ0v) is 12.9. The van der Waals surface area contributed by atoms with Gasteiger partial charge in [-0.3, -0.25) is 0 Å². The van der Waals surface area contributed by atoms with Gasteiger partial charge in [0.25, 0.3) is 0 Å². The lowest BCUT2D eigenvalue weighted by atomic mass is 9.95. The van der Waals surface area contributed by atoms with Crippen molar-refractivity contribution in [1.29, 1.82) is 0 Å². The van der Waals surface area contributed by atoms with Crippen LogP contribution < -0.4 is 10.1 Å². The van der Waals surface area contributed by atoms with E-state index in [0.29, 0.717) is 0 Å². The summed E-state index contributed by atoms with van der Waals surface area (Å²) in [5, 5.41) is 3.69. The topological polar surface area (TPSA) is 24.5 Å². The summed E-state index contributed by atoms with van der Waals surface area (Å²) < 4.78 is 5.40. The molecular weight excluding hydrogens is 248 g/mol. The number of likely N-dealkylation sites (N-methyl/N-ethyl adjacent to an activating group) is 1. The van der Waals surface area contributed by atoms with Crippen molar-refractivity contribution in [2.75, 3.05) is 27.2 Å². The zero-order chi connectivity index (χ0) is 14.2. The van der Waals surface area contributed by atoms with E-state index in [4.69, 9.17) is 4.74 Å².